The maximum atomic E-state index is 12.4. The quantitative estimate of drug-likeness (QED) is 0.389. The van der Waals surface area contributed by atoms with E-state index in [0.717, 1.165) is 11.3 Å². The van der Waals surface area contributed by atoms with Crippen LogP contribution >= 0.6 is 11.6 Å². The third-order valence-corrected chi connectivity index (χ3v) is 5.74. The van der Waals surface area contributed by atoms with Crippen molar-refractivity contribution in [3.63, 3.8) is 0 Å². The van der Waals surface area contributed by atoms with Crippen molar-refractivity contribution >= 4 is 39.4 Å². The third kappa shape index (κ3) is 6.31. The Balaban J connectivity index is 1.59. The highest BCUT2D eigenvalue weighted by Crippen LogP contribution is 2.19. The van der Waals surface area contributed by atoms with Gasteiger partial charge in [0.1, 0.15) is 5.75 Å². The van der Waals surface area contributed by atoms with E-state index in [1.807, 2.05) is 31.2 Å². The molecule has 0 spiro atoms. The molecule has 3 rings (SSSR count). The van der Waals surface area contributed by atoms with Crippen LogP contribution in [0.3, 0.4) is 0 Å². The Labute approximate surface area is 185 Å². The van der Waals surface area contributed by atoms with Gasteiger partial charge >= 0.3 is 0 Å². The van der Waals surface area contributed by atoms with Crippen LogP contribution in [0.1, 0.15) is 22.8 Å². The van der Waals surface area contributed by atoms with Crippen LogP contribution < -0.4 is 14.9 Å². The molecule has 160 valence electrons. The summed E-state index contributed by atoms with van der Waals surface area (Å²) in [5, 5.41) is 4.38. The summed E-state index contributed by atoms with van der Waals surface area (Å²) in [5.41, 5.74) is 3.89. The van der Waals surface area contributed by atoms with E-state index in [1.54, 1.807) is 0 Å². The zero-order valence-corrected chi connectivity index (χ0v) is 18.2. The summed E-state index contributed by atoms with van der Waals surface area (Å²) in [6.45, 7) is 2.50. The largest absolute Gasteiger partial charge is 0.494 e. The number of nitrogens with one attached hydrogen (secondary N) is 2. The Bertz CT molecular complexity index is 1160. The average molecular weight is 458 g/mol. The summed E-state index contributed by atoms with van der Waals surface area (Å²) in [7, 11) is -3.76. The summed E-state index contributed by atoms with van der Waals surface area (Å²) in [6.07, 6.45) is 1.52. The van der Waals surface area contributed by atoms with Crippen LogP contribution in [0, 0.1) is 0 Å². The number of carbonyl (C=O) groups is 1. The lowest BCUT2D eigenvalue weighted by molar-refractivity contribution is 0.0955. The van der Waals surface area contributed by atoms with Crippen LogP contribution in [0.5, 0.6) is 5.75 Å². The Morgan fingerprint density at radius 2 is 1.65 bits per heavy atom. The number of rotatable bonds is 8. The van der Waals surface area contributed by atoms with Crippen LogP contribution in [0.25, 0.3) is 0 Å². The van der Waals surface area contributed by atoms with Crippen LogP contribution in [-0.2, 0) is 10.0 Å². The van der Waals surface area contributed by atoms with Crippen LogP contribution in [-0.4, -0.2) is 27.1 Å². The third-order valence-electron chi connectivity index (χ3n) is 4.09. The molecule has 0 aromatic heterocycles. The zero-order valence-electron chi connectivity index (χ0n) is 16.6. The molecule has 3 aromatic carbocycles. The van der Waals surface area contributed by atoms with Gasteiger partial charge in [-0.3, -0.25) is 9.52 Å². The van der Waals surface area contributed by atoms with Gasteiger partial charge in [-0.1, -0.05) is 11.6 Å². The number of ether oxygens (including phenoxy) is 1. The summed E-state index contributed by atoms with van der Waals surface area (Å²) >= 11 is 5.79. The fourth-order valence-corrected chi connectivity index (χ4v) is 3.75. The maximum absolute atomic E-state index is 12.4. The number of sulfonamides is 1. The topological polar surface area (TPSA) is 96.9 Å². The number of halogens is 1. The average Bonchev–Trinajstić information content (AvgIpc) is 2.76. The van der Waals surface area contributed by atoms with Crippen molar-refractivity contribution in [1.82, 2.24) is 5.43 Å². The first-order chi connectivity index (χ1) is 14.9. The fourth-order valence-electron chi connectivity index (χ4n) is 2.56. The molecule has 1 amide bonds. The lowest BCUT2D eigenvalue weighted by Crippen LogP contribution is -2.18. The summed E-state index contributed by atoms with van der Waals surface area (Å²) in [5.74, 6) is 0.338. The van der Waals surface area contributed by atoms with E-state index >= 15 is 0 Å². The highest BCUT2D eigenvalue weighted by Gasteiger charge is 2.14. The Morgan fingerprint density at radius 3 is 2.26 bits per heavy atom. The molecule has 31 heavy (non-hydrogen) atoms. The Hall–Kier alpha value is -3.36. The molecule has 2 N–H and O–H groups in total. The van der Waals surface area contributed by atoms with Crippen molar-refractivity contribution < 1.29 is 17.9 Å². The standard InChI is InChI=1S/C22H20ClN3O4S/c1-2-30-20-11-3-16(4-12-20)15-24-25-22(27)17-5-9-19(10-6-17)26-31(28,29)21-13-7-18(23)8-14-21/h3-15,26H,2H2,1H3,(H,25,27). The van der Waals surface area contributed by atoms with Gasteiger partial charge in [-0.15, -0.1) is 0 Å². The van der Waals surface area contributed by atoms with E-state index in [4.69, 9.17) is 16.3 Å². The lowest BCUT2D eigenvalue weighted by atomic mass is 10.2. The van der Waals surface area contributed by atoms with E-state index in [-0.39, 0.29) is 4.90 Å². The molecule has 0 fully saturated rings. The molecule has 7 nitrogen and oxygen atoms in total. The molecule has 0 bridgehead atoms. The van der Waals surface area contributed by atoms with Crippen LogP contribution in [0.15, 0.2) is 82.8 Å². The molecule has 0 aliphatic heterocycles. The molecule has 0 saturated carbocycles. The Morgan fingerprint density at radius 1 is 1.00 bits per heavy atom. The van der Waals surface area contributed by atoms with E-state index in [9.17, 15) is 13.2 Å². The second kappa shape index (κ2) is 10.1. The highest BCUT2D eigenvalue weighted by atomic mass is 35.5. The summed E-state index contributed by atoms with van der Waals surface area (Å²) in [6, 6.07) is 19.1. The molecular weight excluding hydrogens is 438 g/mol. The first-order valence-corrected chi connectivity index (χ1v) is 11.2. The van der Waals surface area contributed by atoms with Crippen molar-refractivity contribution in [2.24, 2.45) is 5.10 Å². The number of benzene rings is 3. The number of amides is 1. The number of hydrogen-bond acceptors (Lipinski definition) is 5. The number of nitrogens with zero attached hydrogens (tertiary/aromatic N) is 1. The first-order valence-electron chi connectivity index (χ1n) is 9.32. The van der Waals surface area contributed by atoms with Gasteiger partial charge in [0.25, 0.3) is 15.9 Å². The fraction of sp³-hybridized carbons (Fsp3) is 0.0909. The maximum Gasteiger partial charge on any atom is 0.271 e. The normalized spacial score (nSPS) is 11.3. The SMILES string of the molecule is CCOc1ccc(C=NNC(=O)c2ccc(NS(=O)(=O)c3ccc(Cl)cc3)cc2)cc1. The van der Waals surface area contributed by atoms with Gasteiger partial charge in [0.05, 0.1) is 17.7 Å². The predicted molar refractivity (Wildman–Crippen MR) is 121 cm³/mol. The molecule has 0 radical (unpaired) electrons. The first kappa shape index (κ1) is 22.3. The van der Waals surface area contributed by atoms with Gasteiger partial charge in [-0.2, -0.15) is 5.10 Å². The molecule has 0 heterocycles. The number of anilines is 1. The van der Waals surface area contributed by atoms with Gasteiger partial charge in [0, 0.05) is 16.3 Å². The second-order valence-electron chi connectivity index (χ2n) is 6.34. The molecular formula is C22H20ClN3O4S. The van der Waals surface area contributed by atoms with Crippen molar-refractivity contribution in [2.75, 3.05) is 11.3 Å². The lowest BCUT2D eigenvalue weighted by Gasteiger charge is -2.09. The van der Waals surface area contributed by atoms with Crippen molar-refractivity contribution in [1.29, 1.82) is 0 Å². The summed E-state index contributed by atoms with van der Waals surface area (Å²) < 4.78 is 32.6. The van der Waals surface area contributed by atoms with E-state index in [1.165, 1.54) is 54.7 Å². The van der Waals surface area contributed by atoms with Crippen molar-refractivity contribution in [3.8, 4) is 5.75 Å². The van der Waals surface area contributed by atoms with Gasteiger partial charge in [-0.25, -0.2) is 13.8 Å². The van der Waals surface area contributed by atoms with E-state index in [2.05, 4.69) is 15.2 Å². The summed E-state index contributed by atoms with van der Waals surface area (Å²) in [4.78, 5) is 12.3. The second-order valence-corrected chi connectivity index (χ2v) is 8.46. The molecule has 3 aromatic rings. The molecule has 0 unspecified atom stereocenters. The highest BCUT2D eigenvalue weighted by molar-refractivity contribution is 7.92. The minimum absolute atomic E-state index is 0.0855. The van der Waals surface area contributed by atoms with Crippen molar-refractivity contribution in [3.05, 3.63) is 88.9 Å². The number of carbonyl (C=O) groups excluding carboxylic acids is 1. The number of hydrogen-bond donors (Lipinski definition) is 2. The van der Waals surface area contributed by atoms with Crippen LogP contribution in [0.4, 0.5) is 5.69 Å². The molecule has 0 aliphatic carbocycles. The monoisotopic (exact) mass is 457 g/mol. The molecule has 0 aliphatic rings. The van der Waals surface area contributed by atoms with E-state index < -0.39 is 15.9 Å². The predicted octanol–water partition coefficient (Wildman–Crippen LogP) is 4.30. The number of hydrazone groups is 1. The Kier molecular flexibility index (Phi) is 7.28. The van der Waals surface area contributed by atoms with Gasteiger partial charge in [0.15, 0.2) is 0 Å². The molecule has 0 saturated heterocycles. The molecule has 0 atom stereocenters. The van der Waals surface area contributed by atoms with E-state index in [0.29, 0.717) is 22.9 Å². The van der Waals surface area contributed by atoms with Gasteiger partial charge in [-0.05, 0) is 85.3 Å². The molecule has 9 heteroatoms. The minimum atomic E-state index is -3.76. The van der Waals surface area contributed by atoms with Gasteiger partial charge in [0.2, 0.25) is 0 Å². The minimum Gasteiger partial charge on any atom is -0.494 e. The van der Waals surface area contributed by atoms with Gasteiger partial charge < -0.3 is 4.74 Å². The smallest absolute Gasteiger partial charge is 0.271 e. The van der Waals surface area contributed by atoms with Crippen LogP contribution in [0.2, 0.25) is 5.02 Å². The van der Waals surface area contributed by atoms with Crippen molar-refractivity contribution in [2.45, 2.75) is 11.8 Å². The zero-order chi connectivity index (χ0) is 22.3.